The molecule has 0 radical (unpaired) electrons. The molecule has 2 nitrogen and oxygen atoms in total. The number of benzene rings is 1. The summed E-state index contributed by atoms with van der Waals surface area (Å²) in [5, 5.41) is 0. The first-order chi connectivity index (χ1) is 7.47. The normalized spacial score (nSPS) is 23.9. The SMILES string of the molecule is C[Si](C)(C)OC(=O)[C@@H]1C[C@H]1c1ccccc1. The predicted octanol–water partition coefficient (Wildman–Crippen LogP) is 3.17. The summed E-state index contributed by atoms with van der Waals surface area (Å²) in [7, 11) is -1.72. The van der Waals surface area contributed by atoms with E-state index in [9.17, 15) is 4.79 Å². The van der Waals surface area contributed by atoms with E-state index in [-0.39, 0.29) is 11.9 Å². The van der Waals surface area contributed by atoms with Gasteiger partial charge in [-0.2, -0.15) is 0 Å². The number of hydrogen-bond donors (Lipinski definition) is 0. The monoisotopic (exact) mass is 234 g/mol. The molecule has 1 aliphatic carbocycles. The second-order valence-electron chi connectivity index (χ2n) is 5.39. The fraction of sp³-hybridized carbons (Fsp3) is 0.462. The van der Waals surface area contributed by atoms with Gasteiger partial charge in [0, 0.05) is 0 Å². The van der Waals surface area contributed by atoms with Crippen LogP contribution < -0.4 is 0 Å². The Hall–Kier alpha value is -1.09. The van der Waals surface area contributed by atoms with Crippen LogP contribution in [0.4, 0.5) is 0 Å². The number of carbonyl (C=O) groups is 1. The van der Waals surface area contributed by atoms with Gasteiger partial charge in [0.1, 0.15) is 0 Å². The third-order valence-electron chi connectivity index (χ3n) is 2.73. The molecule has 0 unspecified atom stereocenters. The highest BCUT2D eigenvalue weighted by atomic mass is 28.4. The van der Waals surface area contributed by atoms with Crippen LogP contribution in [0.25, 0.3) is 0 Å². The molecule has 0 N–H and O–H groups in total. The van der Waals surface area contributed by atoms with E-state index in [1.54, 1.807) is 0 Å². The maximum Gasteiger partial charge on any atom is 0.296 e. The summed E-state index contributed by atoms with van der Waals surface area (Å²) in [6.07, 6.45) is 0.952. The van der Waals surface area contributed by atoms with Crippen molar-refractivity contribution in [2.24, 2.45) is 5.92 Å². The lowest BCUT2D eigenvalue weighted by Crippen LogP contribution is -2.30. The van der Waals surface area contributed by atoms with E-state index in [0.29, 0.717) is 5.92 Å². The van der Waals surface area contributed by atoms with Gasteiger partial charge in [-0.3, -0.25) is 4.79 Å². The molecule has 0 aromatic heterocycles. The second-order valence-corrected chi connectivity index (χ2v) is 9.82. The smallest absolute Gasteiger partial charge is 0.296 e. The highest BCUT2D eigenvalue weighted by molar-refractivity contribution is 6.71. The zero-order valence-electron chi connectivity index (χ0n) is 10.1. The van der Waals surface area contributed by atoms with Crippen molar-refractivity contribution < 1.29 is 9.22 Å². The summed E-state index contributed by atoms with van der Waals surface area (Å²) in [6.45, 7) is 6.14. The average molecular weight is 234 g/mol. The summed E-state index contributed by atoms with van der Waals surface area (Å²) < 4.78 is 5.51. The minimum Gasteiger partial charge on any atom is -0.520 e. The van der Waals surface area contributed by atoms with E-state index in [4.69, 9.17) is 4.43 Å². The van der Waals surface area contributed by atoms with Gasteiger partial charge < -0.3 is 4.43 Å². The van der Waals surface area contributed by atoms with Gasteiger partial charge in [-0.15, -0.1) is 0 Å². The maximum atomic E-state index is 11.8. The quantitative estimate of drug-likeness (QED) is 0.751. The Morgan fingerprint density at radius 2 is 1.88 bits per heavy atom. The number of rotatable bonds is 3. The van der Waals surface area contributed by atoms with Gasteiger partial charge in [0.05, 0.1) is 5.92 Å². The molecule has 0 bridgehead atoms. The van der Waals surface area contributed by atoms with Gasteiger partial charge in [0.15, 0.2) is 0 Å². The van der Waals surface area contributed by atoms with Crippen LogP contribution in [0.2, 0.25) is 19.6 Å². The van der Waals surface area contributed by atoms with Gasteiger partial charge >= 0.3 is 0 Å². The summed E-state index contributed by atoms with van der Waals surface area (Å²) in [4.78, 5) is 11.8. The zero-order chi connectivity index (χ0) is 11.8. The molecule has 1 aromatic carbocycles. The first-order valence-electron chi connectivity index (χ1n) is 5.75. The molecule has 0 amide bonds. The third kappa shape index (κ3) is 2.73. The van der Waals surface area contributed by atoms with Gasteiger partial charge in [-0.25, -0.2) is 0 Å². The Balaban J connectivity index is 1.95. The first-order valence-corrected chi connectivity index (χ1v) is 9.16. The Kier molecular flexibility index (Phi) is 2.89. The molecular formula is C13H18O2Si. The Morgan fingerprint density at radius 3 is 2.44 bits per heavy atom. The first kappa shape index (κ1) is 11.4. The standard InChI is InChI=1S/C13H18O2Si/c1-16(2,3)15-13(14)12-9-11(12)10-7-5-4-6-8-10/h4-8,11-12H,9H2,1-3H3/t11-,12+/m0/s1. The van der Waals surface area contributed by atoms with Gasteiger partial charge in [-0.05, 0) is 37.5 Å². The average Bonchev–Trinajstić information content (AvgIpc) is 2.96. The fourth-order valence-electron chi connectivity index (χ4n) is 1.90. The summed E-state index contributed by atoms with van der Waals surface area (Å²) in [5.41, 5.74) is 1.26. The Labute approximate surface area is 97.8 Å². The zero-order valence-corrected chi connectivity index (χ0v) is 11.1. The van der Waals surface area contributed by atoms with Crippen molar-refractivity contribution >= 4 is 14.3 Å². The molecule has 0 saturated heterocycles. The van der Waals surface area contributed by atoms with Crippen LogP contribution in [-0.2, 0) is 9.22 Å². The molecule has 0 aliphatic heterocycles. The molecule has 2 atom stereocenters. The Bertz CT molecular complexity index is 381. The highest BCUT2D eigenvalue weighted by Crippen LogP contribution is 2.48. The third-order valence-corrected chi connectivity index (χ3v) is 3.54. The van der Waals surface area contributed by atoms with Gasteiger partial charge in [0.2, 0.25) is 8.32 Å². The van der Waals surface area contributed by atoms with Gasteiger partial charge in [0.25, 0.3) is 5.97 Å². The summed E-state index contributed by atoms with van der Waals surface area (Å²) in [5.74, 6) is 0.507. The minimum absolute atomic E-state index is 0.00743. The van der Waals surface area contributed by atoms with Crippen molar-refractivity contribution in [3.63, 3.8) is 0 Å². The van der Waals surface area contributed by atoms with E-state index >= 15 is 0 Å². The van der Waals surface area contributed by atoms with E-state index in [1.165, 1.54) is 5.56 Å². The molecule has 1 saturated carbocycles. The largest absolute Gasteiger partial charge is 0.520 e. The van der Waals surface area contributed by atoms with Crippen molar-refractivity contribution in [1.82, 2.24) is 0 Å². The molecule has 1 fully saturated rings. The van der Waals surface area contributed by atoms with Crippen molar-refractivity contribution in [3.8, 4) is 0 Å². The summed E-state index contributed by atoms with van der Waals surface area (Å²) >= 11 is 0. The molecule has 86 valence electrons. The highest BCUT2D eigenvalue weighted by Gasteiger charge is 2.46. The molecule has 16 heavy (non-hydrogen) atoms. The lowest BCUT2D eigenvalue weighted by Gasteiger charge is -2.17. The van der Waals surface area contributed by atoms with Crippen LogP contribution in [0, 0.1) is 5.92 Å². The predicted molar refractivity (Wildman–Crippen MR) is 66.7 cm³/mol. The molecule has 0 heterocycles. The topological polar surface area (TPSA) is 26.3 Å². The van der Waals surface area contributed by atoms with Crippen LogP contribution in [0.5, 0.6) is 0 Å². The van der Waals surface area contributed by atoms with Gasteiger partial charge in [-0.1, -0.05) is 30.3 Å². The van der Waals surface area contributed by atoms with Crippen LogP contribution >= 0.6 is 0 Å². The maximum absolute atomic E-state index is 11.8. The van der Waals surface area contributed by atoms with Crippen LogP contribution in [0.15, 0.2) is 30.3 Å². The minimum atomic E-state index is -1.72. The second kappa shape index (κ2) is 4.05. The molecule has 3 heteroatoms. The van der Waals surface area contributed by atoms with E-state index in [1.807, 2.05) is 37.8 Å². The van der Waals surface area contributed by atoms with Crippen molar-refractivity contribution in [2.75, 3.05) is 0 Å². The van der Waals surface area contributed by atoms with E-state index in [0.717, 1.165) is 6.42 Å². The molecule has 1 aliphatic rings. The van der Waals surface area contributed by atoms with Crippen LogP contribution in [-0.4, -0.2) is 14.3 Å². The van der Waals surface area contributed by atoms with Crippen molar-refractivity contribution in [3.05, 3.63) is 35.9 Å². The van der Waals surface area contributed by atoms with Crippen LogP contribution in [0.1, 0.15) is 17.9 Å². The van der Waals surface area contributed by atoms with Crippen molar-refractivity contribution in [1.29, 1.82) is 0 Å². The molecule has 1 aromatic rings. The van der Waals surface area contributed by atoms with E-state index < -0.39 is 8.32 Å². The lowest BCUT2D eigenvalue weighted by atomic mass is 10.1. The Morgan fingerprint density at radius 1 is 1.25 bits per heavy atom. The number of hydrogen-bond acceptors (Lipinski definition) is 2. The number of carbonyl (C=O) groups excluding carboxylic acids is 1. The molecular weight excluding hydrogens is 216 g/mol. The molecule has 0 spiro atoms. The molecule has 2 rings (SSSR count). The summed E-state index contributed by atoms with van der Waals surface area (Å²) in [6, 6.07) is 10.2. The van der Waals surface area contributed by atoms with Crippen LogP contribution in [0.3, 0.4) is 0 Å². The fourth-order valence-corrected chi connectivity index (χ4v) is 2.66. The van der Waals surface area contributed by atoms with E-state index in [2.05, 4.69) is 12.1 Å². The lowest BCUT2D eigenvalue weighted by molar-refractivity contribution is -0.136. The van der Waals surface area contributed by atoms with Crippen molar-refractivity contribution in [2.45, 2.75) is 32.0 Å².